The summed E-state index contributed by atoms with van der Waals surface area (Å²) in [6, 6.07) is 16.6. The highest BCUT2D eigenvalue weighted by molar-refractivity contribution is 7.13. The van der Waals surface area contributed by atoms with Crippen molar-refractivity contribution in [1.29, 1.82) is 0 Å². The van der Waals surface area contributed by atoms with Gasteiger partial charge in [0.15, 0.2) is 5.69 Å². The minimum Gasteiger partial charge on any atom is -0.322 e. The average Bonchev–Trinajstić information content (AvgIpc) is 3.39. The van der Waals surface area contributed by atoms with Gasteiger partial charge in [-0.05, 0) is 67.3 Å². The van der Waals surface area contributed by atoms with E-state index < -0.39 is 11.9 Å². The quantitative estimate of drug-likeness (QED) is 0.394. The first-order chi connectivity index (χ1) is 14.7. The van der Waals surface area contributed by atoms with Crippen molar-refractivity contribution in [2.45, 2.75) is 20.0 Å². The molecule has 0 aliphatic carbocycles. The Bertz CT molecular complexity index is 1230. The van der Waals surface area contributed by atoms with Gasteiger partial charge in [0, 0.05) is 11.3 Å². The Morgan fingerprint density at radius 1 is 1.03 bits per heavy atom. The molecule has 2 aromatic carbocycles. The molecule has 0 fully saturated rings. The number of nitrogens with one attached hydrogen (secondary N) is 1. The molecule has 8 heteroatoms. The molecular weight excluding hydrogens is 423 g/mol. The third kappa shape index (κ3) is 4.39. The highest BCUT2D eigenvalue weighted by atomic mass is 32.1. The predicted molar refractivity (Wildman–Crippen MR) is 116 cm³/mol. The monoisotopic (exact) mass is 441 g/mol. The van der Waals surface area contributed by atoms with Gasteiger partial charge in [0.25, 0.3) is 5.91 Å². The first-order valence-corrected chi connectivity index (χ1v) is 10.3. The third-order valence-corrected chi connectivity index (χ3v) is 5.67. The molecule has 0 radical (unpaired) electrons. The van der Waals surface area contributed by atoms with Crippen LogP contribution >= 0.6 is 11.3 Å². The number of anilines is 1. The number of benzene rings is 2. The number of hydrogen-bond acceptors (Lipinski definition) is 3. The lowest BCUT2D eigenvalue weighted by Crippen LogP contribution is -2.13. The van der Waals surface area contributed by atoms with Crippen LogP contribution in [-0.4, -0.2) is 15.7 Å². The summed E-state index contributed by atoms with van der Waals surface area (Å²) in [5.74, 6) is -0.298. The van der Waals surface area contributed by atoms with E-state index in [-0.39, 0.29) is 5.91 Å². The molecule has 0 bridgehead atoms. The molecule has 2 heterocycles. The number of aromatic nitrogens is 2. The second-order valence-corrected chi connectivity index (χ2v) is 8.07. The Morgan fingerprint density at radius 3 is 2.39 bits per heavy atom. The fourth-order valence-electron chi connectivity index (χ4n) is 3.22. The molecule has 1 N–H and O–H groups in total. The zero-order chi connectivity index (χ0) is 22.2. The van der Waals surface area contributed by atoms with E-state index in [0.29, 0.717) is 27.5 Å². The van der Waals surface area contributed by atoms with Crippen LogP contribution in [0.5, 0.6) is 0 Å². The van der Waals surface area contributed by atoms with Crippen molar-refractivity contribution < 1.29 is 18.0 Å². The van der Waals surface area contributed by atoms with Gasteiger partial charge >= 0.3 is 6.18 Å². The number of alkyl halides is 3. The summed E-state index contributed by atoms with van der Waals surface area (Å²) >= 11 is 1.33. The molecule has 0 atom stereocenters. The normalized spacial score (nSPS) is 11.5. The summed E-state index contributed by atoms with van der Waals surface area (Å²) in [6.45, 7) is 3.88. The molecule has 2 aromatic heterocycles. The van der Waals surface area contributed by atoms with E-state index in [1.54, 1.807) is 41.8 Å². The number of rotatable bonds is 4. The maximum absolute atomic E-state index is 13.2. The highest BCUT2D eigenvalue weighted by Crippen LogP contribution is 2.34. The third-order valence-electron chi connectivity index (χ3n) is 4.78. The molecule has 0 spiro atoms. The van der Waals surface area contributed by atoms with Crippen LogP contribution in [0.1, 0.15) is 27.2 Å². The highest BCUT2D eigenvalue weighted by Gasteiger charge is 2.35. The van der Waals surface area contributed by atoms with Crippen LogP contribution in [0.3, 0.4) is 0 Å². The van der Waals surface area contributed by atoms with Gasteiger partial charge in [-0.15, -0.1) is 11.3 Å². The summed E-state index contributed by atoms with van der Waals surface area (Å²) < 4.78 is 41.0. The van der Waals surface area contributed by atoms with Crippen molar-refractivity contribution in [2.24, 2.45) is 0 Å². The van der Waals surface area contributed by atoms with Crippen LogP contribution in [0.2, 0.25) is 0 Å². The van der Waals surface area contributed by atoms with E-state index in [1.807, 2.05) is 32.0 Å². The number of nitrogens with zero attached hydrogens (tertiary/aromatic N) is 2. The van der Waals surface area contributed by atoms with Crippen molar-refractivity contribution in [3.63, 3.8) is 0 Å². The number of aryl methyl sites for hydroxylation is 2. The van der Waals surface area contributed by atoms with E-state index in [4.69, 9.17) is 0 Å². The van der Waals surface area contributed by atoms with Crippen LogP contribution in [0.25, 0.3) is 16.3 Å². The van der Waals surface area contributed by atoms with E-state index in [0.717, 1.165) is 17.2 Å². The van der Waals surface area contributed by atoms with Crippen LogP contribution < -0.4 is 5.32 Å². The maximum Gasteiger partial charge on any atom is 0.435 e. The van der Waals surface area contributed by atoms with Crippen molar-refractivity contribution >= 4 is 22.9 Å². The minimum atomic E-state index is -4.55. The van der Waals surface area contributed by atoms with Crippen LogP contribution in [-0.2, 0) is 6.18 Å². The SMILES string of the molecule is Cc1ccc(NC(=O)c2ccc(-n3nc(C(F)(F)F)cc3-c3cccs3)cc2)c(C)c1. The lowest BCUT2D eigenvalue weighted by molar-refractivity contribution is -0.141. The van der Waals surface area contributed by atoms with E-state index in [2.05, 4.69) is 10.4 Å². The fraction of sp³-hybridized carbons (Fsp3) is 0.130. The molecule has 0 aliphatic heterocycles. The van der Waals surface area contributed by atoms with Gasteiger partial charge in [0.1, 0.15) is 0 Å². The Labute approximate surface area is 181 Å². The second-order valence-electron chi connectivity index (χ2n) is 7.12. The Hall–Kier alpha value is -3.39. The molecule has 4 aromatic rings. The van der Waals surface area contributed by atoms with Crippen molar-refractivity contribution in [1.82, 2.24) is 9.78 Å². The molecule has 0 saturated carbocycles. The van der Waals surface area contributed by atoms with Crippen LogP contribution in [0.4, 0.5) is 18.9 Å². The standard InChI is InChI=1S/C23H18F3N3OS/c1-14-5-10-18(15(2)12-14)27-22(30)16-6-8-17(9-7-16)29-19(20-4-3-11-31-20)13-21(28-29)23(24,25)26/h3-13H,1-2H3,(H,27,30). The summed E-state index contributed by atoms with van der Waals surface area (Å²) in [5, 5.41) is 8.42. The van der Waals surface area contributed by atoms with Crippen molar-refractivity contribution in [2.75, 3.05) is 5.32 Å². The number of thiophene rings is 1. The second kappa shape index (κ2) is 8.03. The maximum atomic E-state index is 13.2. The van der Waals surface area contributed by atoms with Gasteiger partial charge in [0.2, 0.25) is 0 Å². The van der Waals surface area contributed by atoms with Gasteiger partial charge < -0.3 is 5.32 Å². The lowest BCUT2D eigenvalue weighted by atomic mass is 10.1. The van der Waals surface area contributed by atoms with E-state index in [1.165, 1.54) is 16.0 Å². The first-order valence-electron chi connectivity index (χ1n) is 9.42. The fourth-order valence-corrected chi connectivity index (χ4v) is 3.95. The van der Waals surface area contributed by atoms with Crippen molar-refractivity contribution in [3.05, 3.63) is 88.4 Å². The Morgan fingerprint density at radius 2 is 1.77 bits per heavy atom. The molecule has 0 aliphatic rings. The number of carbonyl (C=O) groups excluding carboxylic acids is 1. The Balaban J connectivity index is 1.64. The zero-order valence-corrected chi connectivity index (χ0v) is 17.5. The molecule has 0 saturated heterocycles. The van der Waals surface area contributed by atoms with Crippen LogP contribution in [0, 0.1) is 13.8 Å². The number of hydrogen-bond donors (Lipinski definition) is 1. The smallest absolute Gasteiger partial charge is 0.322 e. The molecule has 1 amide bonds. The molecule has 4 rings (SSSR count). The lowest BCUT2D eigenvalue weighted by Gasteiger charge is -2.10. The summed E-state index contributed by atoms with van der Waals surface area (Å²) in [5.41, 5.74) is 2.95. The van der Waals surface area contributed by atoms with E-state index >= 15 is 0 Å². The van der Waals surface area contributed by atoms with Gasteiger partial charge in [0.05, 0.1) is 16.3 Å². The first kappa shape index (κ1) is 20.9. The molecular formula is C23H18F3N3OS. The zero-order valence-electron chi connectivity index (χ0n) is 16.7. The molecule has 0 unspecified atom stereocenters. The average molecular weight is 441 g/mol. The topological polar surface area (TPSA) is 46.9 Å². The van der Waals surface area contributed by atoms with Gasteiger partial charge in [-0.1, -0.05) is 23.8 Å². The van der Waals surface area contributed by atoms with Crippen molar-refractivity contribution in [3.8, 4) is 16.3 Å². The van der Waals surface area contributed by atoms with E-state index in [9.17, 15) is 18.0 Å². The summed E-state index contributed by atoms with van der Waals surface area (Å²) in [4.78, 5) is 13.3. The Kier molecular flexibility index (Phi) is 5.41. The minimum absolute atomic E-state index is 0.298. The summed E-state index contributed by atoms with van der Waals surface area (Å²) in [7, 11) is 0. The van der Waals surface area contributed by atoms with Gasteiger partial charge in [-0.3, -0.25) is 4.79 Å². The van der Waals surface area contributed by atoms with Gasteiger partial charge in [-0.2, -0.15) is 18.3 Å². The number of halogens is 3. The molecule has 158 valence electrons. The largest absolute Gasteiger partial charge is 0.435 e. The van der Waals surface area contributed by atoms with Gasteiger partial charge in [-0.25, -0.2) is 4.68 Å². The number of amides is 1. The number of carbonyl (C=O) groups is 1. The predicted octanol–water partition coefficient (Wildman–Crippen LogP) is 6.49. The summed E-state index contributed by atoms with van der Waals surface area (Å²) in [6.07, 6.45) is -4.55. The molecule has 31 heavy (non-hydrogen) atoms. The molecule has 4 nitrogen and oxygen atoms in total. The van der Waals surface area contributed by atoms with Crippen LogP contribution in [0.15, 0.2) is 66.0 Å².